The average molecular weight is 354 g/mol. The molecule has 134 valence electrons. The molecule has 0 aromatic rings. The molecule has 0 aliphatic heterocycles. The lowest BCUT2D eigenvalue weighted by Crippen LogP contribution is -2.35. The van der Waals surface area contributed by atoms with Gasteiger partial charge in [0.15, 0.2) is 12.5 Å². The van der Waals surface area contributed by atoms with Crippen molar-refractivity contribution in [2.45, 2.75) is 65.5 Å². The Hall–Kier alpha value is -1.27. The second-order valence-corrected chi connectivity index (χ2v) is 6.52. The first-order valence-corrected chi connectivity index (χ1v) is 9.08. The standard InChI is InChI=1S/C14H25FNO6P/c1-4-5-13(17)21-11(3)22-14(18)16-12(15)7-6-10(2)8-9-23(19)20/h10-12H,4-9H2,1-3H3,(H-,16,18,19,20)/p+1. The zero-order valence-electron chi connectivity index (χ0n) is 13.8. The lowest BCUT2D eigenvalue weighted by atomic mass is 10.0. The van der Waals surface area contributed by atoms with Gasteiger partial charge in [0.25, 0.3) is 0 Å². The maximum Gasteiger partial charge on any atom is 0.505 e. The zero-order valence-corrected chi connectivity index (χ0v) is 14.7. The third kappa shape index (κ3) is 12.9. The second-order valence-electron chi connectivity index (χ2n) is 5.37. The summed E-state index contributed by atoms with van der Waals surface area (Å²) in [6.07, 6.45) is -1.59. The summed E-state index contributed by atoms with van der Waals surface area (Å²) >= 11 is 0. The van der Waals surface area contributed by atoms with Gasteiger partial charge in [0.2, 0.25) is 6.29 Å². The summed E-state index contributed by atoms with van der Waals surface area (Å²) in [4.78, 5) is 31.3. The number of ether oxygens (including phenoxy) is 2. The number of carbonyl (C=O) groups excluding carboxylic acids is 2. The molecule has 0 heterocycles. The molecule has 0 aliphatic rings. The summed E-state index contributed by atoms with van der Waals surface area (Å²) in [5, 5.41) is 2.01. The molecule has 4 unspecified atom stereocenters. The molecule has 0 bridgehead atoms. The van der Waals surface area contributed by atoms with Gasteiger partial charge in [-0.15, -0.1) is 0 Å². The number of amides is 1. The van der Waals surface area contributed by atoms with Gasteiger partial charge in [0.1, 0.15) is 0 Å². The normalized spacial score (nSPS) is 15.3. The lowest BCUT2D eigenvalue weighted by Gasteiger charge is -2.16. The van der Waals surface area contributed by atoms with E-state index in [0.717, 1.165) is 0 Å². The van der Waals surface area contributed by atoms with Crippen LogP contribution in [0.25, 0.3) is 0 Å². The summed E-state index contributed by atoms with van der Waals surface area (Å²) in [5.41, 5.74) is 0. The minimum atomic E-state index is -2.17. The Morgan fingerprint density at radius 3 is 2.43 bits per heavy atom. The van der Waals surface area contributed by atoms with Crippen LogP contribution in [-0.2, 0) is 18.8 Å². The molecule has 0 aromatic carbocycles. The predicted molar refractivity (Wildman–Crippen MR) is 82.7 cm³/mol. The molecule has 2 N–H and O–H groups in total. The molecule has 0 saturated heterocycles. The van der Waals surface area contributed by atoms with E-state index in [4.69, 9.17) is 14.4 Å². The number of nitrogens with one attached hydrogen (secondary N) is 1. The Morgan fingerprint density at radius 2 is 1.87 bits per heavy atom. The van der Waals surface area contributed by atoms with E-state index < -0.39 is 32.7 Å². The SMILES string of the molecule is CCCC(=O)OC(C)OC(=O)NC(F)CCC(C)CC[P+](=O)O. The number of carbonyl (C=O) groups is 2. The minimum Gasteiger partial charge on any atom is -0.425 e. The van der Waals surface area contributed by atoms with Crippen LogP contribution in [0.5, 0.6) is 0 Å². The van der Waals surface area contributed by atoms with E-state index in [1.165, 1.54) is 6.92 Å². The molecule has 0 aromatic heterocycles. The van der Waals surface area contributed by atoms with Gasteiger partial charge in [-0.25, -0.2) is 9.18 Å². The van der Waals surface area contributed by atoms with Crippen molar-refractivity contribution in [3.05, 3.63) is 0 Å². The van der Waals surface area contributed by atoms with Crippen LogP contribution in [0, 0.1) is 5.92 Å². The fourth-order valence-electron chi connectivity index (χ4n) is 1.76. The van der Waals surface area contributed by atoms with E-state index in [-0.39, 0.29) is 24.9 Å². The summed E-state index contributed by atoms with van der Waals surface area (Å²) < 4.78 is 33.7. The number of rotatable bonds is 11. The molecular weight excluding hydrogens is 328 g/mol. The van der Waals surface area contributed by atoms with E-state index in [1.807, 2.05) is 19.2 Å². The molecule has 4 atom stereocenters. The van der Waals surface area contributed by atoms with E-state index in [0.29, 0.717) is 19.3 Å². The van der Waals surface area contributed by atoms with Crippen molar-refractivity contribution in [1.82, 2.24) is 5.32 Å². The fourth-order valence-corrected chi connectivity index (χ4v) is 2.42. The first kappa shape index (κ1) is 21.7. The molecule has 1 amide bonds. The van der Waals surface area contributed by atoms with Gasteiger partial charge in [-0.05, 0) is 36.2 Å². The lowest BCUT2D eigenvalue weighted by molar-refractivity contribution is -0.165. The topological polar surface area (TPSA) is 102 Å². The molecule has 0 rings (SSSR count). The van der Waals surface area contributed by atoms with Crippen LogP contribution in [0.4, 0.5) is 9.18 Å². The number of hydrogen-bond donors (Lipinski definition) is 2. The number of alkyl carbamates (subject to hydrolysis) is 1. The van der Waals surface area contributed by atoms with E-state index in [9.17, 15) is 18.5 Å². The van der Waals surface area contributed by atoms with E-state index >= 15 is 0 Å². The van der Waals surface area contributed by atoms with Gasteiger partial charge in [-0.3, -0.25) is 10.1 Å². The summed E-state index contributed by atoms with van der Waals surface area (Å²) in [7, 11) is -2.17. The molecule has 9 heteroatoms. The van der Waals surface area contributed by atoms with Crippen LogP contribution in [0.1, 0.15) is 52.9 Å². The molecule has 0 saturated carbocycles. The molecule has 0 fully saturated rings. The largest absolute Gasteiger partial charge is 0.505 e. The number of alkyl halides is 1. The highest BCUT2D eigenvalue weighted by Crippen LogP contribution is 2.21. The third-order valence-electron chi connectivity index (χ3n) is 3.03. The van der Waals surface area contributed by atoms with Crippen molar-refractivity contribution in [2.75, 3.05) is 6.16 Å². The molecule has 0 spiro atoms. The molecule has 0 radical (unpaired) electrons. The molecule has 7 nitrogen and oxygen atoms in total. The van der Waals surface area contributed by atoms with Gasteiger partial charge in [0, 0.05) is 13.3 Å². The Morgan fingerprint density at radius 1 is 1.22 bits per heavy atom. The summed E-state index contributed by atoms with van der Waals surface area (Å²) in [6, 6.07) is 0. The Labute approximate surface area is 136 Å². The van der Waals surface area contributed by atoms with Crippen molar-refractivity contribution in [3.8, 4) is 0 Å². The van der Waals surface area contributed by atoms with Gasteiger partial charge >= 0.3 is 20.1 Å². The van der Waals surface area contributed by atoms with E-state index in [1.54, 1.807) is 0 Å². The Bertz CT molecular complexity index is 395. The van der Waals surface area contributed by atoms with Crippen LogP contribution in [0.3, 0.4) is 0 Å². The first-order chi connectivity index (χ1) is 10.7. The van der Waals surface area contributed by atoms with Gasteiger partial charge in [-0.1, -0.05) is 13.8 Å². The minimum absolute atomic E-state index is 0.0719. The van der Waals surface area contributed by atoms with Crippen LogP contribution >= 0.6 is 8.03 Å². The molecule has 23 heavy (non-hydrogen) atoms. The number of hydrogen-bond acceptors (Lipinski definition) is 5. The van der Waals surface area contributed by atoms with Crippen LogP contribution in [-0.4, -0.2) is 35.7 Å². The average Bonchev–Trinajstić information content (AvgIpc) is 2.42. The van der Waals surface area contributed by atoms with Crippen molar-refractivity contribution < 1.29 is 32.9 Å². The van der Waals surface area contributed by atoms with Crippen molar-refractivity contribution in [2.24, 2.45) is 5.92 Å². The third-order valence-corrected chi connectivity index (χ3v) is 3.67. The summed E-state index contributed by atoms with van der Waals surface area (Å²) in [5.74, 6) is -0.410. The Balaban J connectivity index is 3.92. The number of halogens is 1. The monoisotopic (exact) mass is 354 g/mol. The van der Waals surface area contributed by atoms with Crippen LogP contribution < -0.4 is 5.32 Å². The summed E-state index contributed by atoms with van der Waals surface area (Å²) in [6.45, 7) is 5.03. The second kappa shape index (κ2) is 12.2. The van der Waals surface area contributed by atoms with Crippen LogP contribution in [0.2, 0.25) is 0 Å². The van der Waals surface area contributed by atoms with Crippen LogP contribution in [0.15, 0.2) is 0 Å². The smallest absolute Gasteiger partial charge is 0.425 e. The highest BCUT2D eigenvalue weighted by atomic mass is 31.1. The highest BCUT2D eigenvalue weighted by Gasteiger charge is 2.19. The maximum atomic E-state index is 13.6. The highest BCUT2D eigenvalue weighted by molar-refractivity contribution is 7.37. The fraction of sp³-hybridized carbons (Fsp3) is 0.857. The maximum absolute atomic E-state index is 13.6. The Kier molecular flexibility index (Phi) is 11.5. The first-order valence-electron chi connectivity index (χ1n) is 7.68. The number of esters is 1. The van der Waals surface area contributed by atoms with Crippen molar-refractivity contribution in [1.29, 1.82) is 0 Å². The van der Waals surface area contributed by atoms with Gasteiger partial charge in [-0.2, -0.15) is 4.89 Å². The molecular formula is C14H26FNO6P+. The molecule has 0 aliphatic carbocycles. The van der Waals surface area contributed by atoms with Crippen molar-refractivity contribution in [3.63, 3.8) is 0 Å². The van der Waals surface area contributed by atoms with Crippen molar-refractivity contribution >= 4 is 20.1 Å². The quantitative estimate of drug-likeness (QED) is 0.256. The van der Waals surface area contributed by atoms with Gasteiger partial charge < -0.3 is 9.47 Å². The van der Waals surface area contributed by atoms with Gasteiger partial charge in [0.05, 0.1) is 0 Å². The zero-order chi connectivity index (χ0) is 17.8. The van der Waals surface area contributed by atoms with E-state index in [2.05, 4.69) is 0 Å². The predicted octanol–water partition coefficient (Wildman–Crippen LogP) is 3.24.